The second-order valence-corrected chi connectivity index (χ2v) is 10.0. The largest absolute Gasteiger partial charge is 0.490 e. The molecule has 0 saturated carbocycles. The summed E-state index contributed by atoms with van der Waals surface area (Å²) in [6, 6.07) is 18.1. The number of carbonyl (C=O) groups is 3. The van der Waals surface area contributed by atoms with Crippen molar-refractivity contribution in [2.24, 2.45) is 0 Å². The van der Waals surface area contributed by atoms with Crippen molar-refractivity contribution in [3.63, 3.8) is 0 Å². The van der Waals surface area contributed by atoms with Gasteiger partial charge in [-0.1, -0.05) is 48.0 Å². The molecule has 3 aromatic carbocycles. The summed E-state index contributed by atoms with van der Waals surface area (Å²) in [6.45, 7) is 6.03. The third-order valence-electron chi connectivity index (χ3n) is 5.84. The molecule has 196 valence electrons. The van der Waals surface area contributed by atoms with Crippen LogP contribution in [0.25, 0.3) is 6.08 Å². The Morgan fingerprint density at radius 2 is 1.79 bits per heavy atom. The standard InChI is InChI=1S/C29H27ClN2O5S/c1-4-36-25-13-20(10-12-24(25)37-17-27(33)31-22-11-9-19(3)23(30)15-22)14-26-28(34)32(29(35)38-26)16-21-8-6-5-7-18(21)2/h5-15H,4,16-17H2,1-3H3,(H,31,33)/b26-14-. The lowest BCUT2D eigenvalue weighted by molar-refractivity contribution is -0.123. The maximum atomic E-state index is 13.0. The molecule has 0 spiro atoms. The predicted octanol–water partition coefficient (Wildman–Crippen LogP) is 6.61. The molecule has 9 heteroatoms. The van der Waals surface area contributed by atoms with Gasteiger partial charge in [0.15, 0.2) is 18.1 Å². The van der Waals surface area contributed by atoms with E-state index in [1.807, 2.05) is 51.1 Å². The molecule has 3 amide bonds. The molecule has 0 aliphatic carbocycles. The Kier molecular flexibility index (Phi) is 8.76. The number of ether oxygens (including phenoxy) is 2. The third kappa shape index (κ3) is 6.57. The Hall–Kier alpha value is -3.75. The van der Waals surface area contributed by atoms with Gasteiger partial charge in [-0.15, -0.1) is 0 Å². The van der Waals surface area contributed by atoms with Gasteiger partial charge in [0.25, 0.3) is 17.1 Å². The second-order valence-electron chi connectivity index (χ2n) is 8.63. The van der Waals surface area contributed by atoms with Crippen LogP contribution in [0.1, 0.15) is 29.2 Å². The molecule has 0 atom stereocenters. The van der Waals surface area contributed by atoms with Gasteiger partial charge in [0.05, 0.1) is 18.1 Å². The van der Waals surface area contributed by atoms with E-state index in [1.165, 1.54) is 4.90 Å². The van der Waals surface area contributed by atoms with Crippen molar-refractivity contribution < 1.29 is 23.9 Å². The van der Waals surface area contributed by atoms with Gasteiger partial charge in [0.2, 0.25) is 0 Å². The highest BCUT2D eigenvalue weighted by atomic mass is 35.5. The van der Waals surface area contributed by atoms with Crippen LogP contribution in [0.3, 0.4) is 0 Å². The van der Waals surface area contributed by atoms with Gasteiger partial charge < -0.3 is 14.8 Å². The number of carbonyl (C=O) groups excluding carboxylic acids is 3. The zero-order valence-corrected chi connectivity index (χ0v) is 22.8. The quantitative estimate of drug-likeness (QED) is 0.302. The van der Waals surface area contributed by atoms with Crippen LogP contribution < -0.4 is 14.8 Å². The molecule has 3 aromatic rings. The maximum absolute atomic E-state index is 13.0. The molecule has 0 unspecified atom stereocenters. The number of nitrogens with one attached hydrogen (secondary N) is 1. The number of benzene rings is 3. The predicted molar refractivity (Wildman–Crippen MR) is 151 cm³/mol. The number of amides is 3. The molecule has 4 rings (SSSR count). The molecule has 1 saturated heterocycles. The van der Waals surface area contributed by atoms with E-state index in [4.69, 9.17) is 21.1 Å². The summed E-state index contributed by atoms with van der Waals surface area (Å²) < 4.78 is 11.4. The highest BCUT2D eigenvalue weighted by Crippen LogP contribution is 2.35. The minimum Gasteiger partial charge on any atom is -0.490 e. The van der Waals surface area contributed by atoms with Crippen LogP contribution in [-0.4, -0.2) is 35.2 Å². The number of imide groups is 1. The molecule has 1 heterocycles. The molecule has 1 aliphatic heterocycles. The summed E-state index contributed by atoms with van der Waals surface area (Å²) in [5.41, 5.74) is 4.10. The van der Waals surface area contributed by atoms with Crippen LogP contribution in [0.2, 0.25) is 5.02 Å². The van der Waals surface area contributed by atoms with Crippen LogP contribution >= 0.6 is 23.4 Å². The Morgan fingerprint density at radius 3 is 2.53 bits per heavy atom. The zero-order valence-electron chi connectivity index (χ0n) is 21.2. The highest BCUT2D eigenvalue weighted by molar-refractivity contribution is 8.18. The van der Waals surface area contributed by atoms with E-state index < -0.39 is 0 Å². The number of thioether (sulfide) groups is 1. The van der Waals surface area contributed by atoms with E-state index in [9.17, 15) is 14.4 Å². The van der Waals surface area contributed by atoms with Gasteiger partial charge in [-0.05, 0) is 85.1 Å². The first-order valence-electron chi connectivity index (χ1n) is 12.0. The normalized spacial score (nSPS) is 14.2. The smallest absolute Gasteiger partial charge is 0.293 e. The topological polar surface area (TPSA) is 84.9 Å². The number of halogens is 1. The molecular formula is C29H27ClN2O5S. The number of nitrogens with zero attached hydrogens (tertiary/aromatic N) is 1. The lowest BCUT2D eigenvalue weighted by atomic mass is 10.1. The van der Waals surface area contributed by atoms with Crippen molar-refractivity contribution in [1.82, 2.24) is 4.90 Å². The molecule has 38 heavy (non-hydrogen) atoms. The number of anilines is 1. The summed E-state index contributed by atoms with van der Waals surface area (Å²) in [5.74, 6) is 0.119. The maximum Gasteiger partial charge on any atom is 0.293 e. The summed E-state index contributed by atoms with van der Waals surface area (Å²) in [4.78, 5) is 39.5. The number of rotatable bonds is 9. The van der Waals surface area contributed by atoms with Crippen LogP contribution in [0.4, 0.5) is 10.5 Å². The summed E-state index contributed by atoms with van der Waals surface area (Å²) in [5, 5.41) is 3.00. The summed E-state index contributed by atoms with van der Waals surface area (Å²) >= 11 is 7.03. The number of hydrogen-bond acceptors (Lipinski definition) is 6. The van der Waals surface area contributed by atoms with Crippen molar-refractivity contribution in [3.8, 4) is 11.5 Å². The van der Waals surface area contributed by atoms with E-state index in [2.05, 4.69) is 5.32 Å². The minimum atomic E-state index is -0.348. The SMILES string of the molecule is CCOc1cc(/C=C2\SC(=O)N(Cc3ccccc3C)C2=O)ccc1OCC(=O)Nc1ccc(C)c(Cl)c1. The van der Waals surface area contributed by atoms with Gasteiger partial charge in [0, 0.05) is 10.7 Å². The summed E-state index contributed by atoms with van der Waals surface area (Å²) in [6.07, 6.45) is 1.66. The molecule has 7 nitrogen and oxygen atoms in total. The van der Waals surface area contributed by atoms with Gasteiger partial charge >= 0.3 is 0 Å². The van der Waals surface area contributed by atoms with E-state index in [0.29, 0.717) is 39.3 Å². The average Bonchev–Trinajstić information content (AvgIpc) is 3.14. The molecule has 1 fully saturated rings. The van der Waals surface area contributed by atoms with E-state index in [-0.39, 0.29) is 30.2 Å². The monoisotopic (exact) mass is 550 g/mol. The Balaban J connectivity index is 1.44. The van der Waals surface area contributed by atoms with Crippen molar-refractivity contribution >= 4 is 52.2 Å². The first kappa shape index (κ1) is 27.3. The lowest BCUT2D eigenvalue weighted by Crippen LogP contribution is -2.27. The van der Waals surface area contributed by atoms with Crippen molar-refractivity contribution in [1.29, 1.82) is 0 Å². The highest BCUT2D eigenvalue weighted by Gasteiger charge is 2.35. The fourth-order valence-corrected chi connectivity index (χ4v) is 4.78. The second kappa shape index (κ2) is 12.2. The first-order valence-corrected chi connectivity index (χ1v) is 13.2. The van der Waals surface area contributed by atoms with Crippen LogP contribution in [0.5, 0.6) is 11.5 Å². The molecule has 1 aliphatic rings. The van der Waals surface area contributed by atoms with E-state index in [0.717, 1.165) is 28.5 Å². The van der Waals surface area contributed by atoms with Crippen LogP contribution in [0, 0.1) is 13.8 Å². The number of aryl methyl sites for hydroxylation is 2. The van der Waals surface area contributed by atoms with Gasteiger partial charge in [-0.25, -0.2) is 0 Å². The zero-order chi connectivity index (χ0) is 27.2. The van der Waals surface area contributed by atoms with E-state index in [1.54, 1.807) is 36.4 Å². The first-order chi connectivity index (χ1) is 18.2. The van der Waals surface area contributed by atoms with Crippen molar-refractivity contribution in [2.75, 3.05) is 18.5 Å². The van der Waals surface area contributed by atoms with Crippen molar-refractivity contribution in [3.05, 3.63) is 92.8 Å². The average molecular weight is 551 g/mol. The molecule has 0 bridgehead atoms. The van der Waals surface area contributed by atoms with Crippen molar-refractivity contribution in [2.45, 2.75) is 27.3 Å². The number of hydrogen-bond donors (Lipinski definition) is 1. The lowest BCUT2D eigenvalue weighted by Gasteiger charge is -2.14. The Morgan fingerprint density at radius 1 is 1.00 bits per heavy atom. The van der Waals surface area contributed by atoms with Gasteiger partial charge in [-0.3, -0.25) is 19.3 Å². The fourth-order valence-electron chi connectivity index (χ4n) is 3.76. The van der Waals surface area contributed by atoms with Gasteiger partial charge in [-0.2, -0.15) is 0 Å². The Bertz CT molecular complexity index is 1420. The molecular weight excluding hydrogens is 524 g/mol. The van der Waals surface area contributed by atoms with Crippen LogP contribution in [0.15, 0.2) is 65.6 Å². The van der Waals surface area contributed by atoms with Crippen LogP contribution in [-0.2, 0) is 16.1 Å². The fraction of sp³-hybridized carbons (Fsp3) is 0.207. The van der Waals surface area contributed by atoms with E-state index >= 15 is 0 Å². The molecule has 0 aromatic heterocycles. The minimum absolute atomic E-state index is 0.225. The summed E-state index contributed by atoms with van der Waals surface area (Å²) in [7, 11) is 0. The van der Waals surface area contributed by atoms with Gasteiger partial charge in [0.1, 0.15) is 0 Å². The molecule has 1 N–H and O–H groups in total. The third-order valence-corrected chi connectivity index (χ3v) is 7.16. The molecule has 0 radical (unpaired) electrons. The Labute approximate surface area is 230 Å².